The second-order valence-electron chi connectivity index (χ2n) is 12.9. The summed E-state index contributed by atoms with van der Waals surface area (Å²) in [4.78, 5) is 42.6. The molecule has 242 valence electrons. The molecule has 2 aromatic carbocycles. The SMILES string of the molecule is Cc1cccc2c1N(C(=O)OC(C)(C)C)CCN2c1cc2cnc(Nc3ccc(OCCN(C)C)cc3)nc2n(C2COC2)c1=O. The molecule has 2 aromatic heterocycles. The predicted octanol–water partition coefficient (Wildman–Crippen LogP) is 5.25. The number of rotatable bonds is 8. The third-order valence-corrected chi connectivity index (χ3v) is 7.89. The number of nitrogens with zero attached hydrogens (tertiary/aromatic N) is 6. The molecule has 1 saturated heterocycles. The fourth-order valence-electron chi connectivity index (χ4n) is 5.57. The molecule has 4 heterocycles. The molecule has 6 rings (SSSR count). The van der Waals surface area contributed by atoms with Gasteiger partial charge in [0.1, 0.15) is 29.3 Å². The Morgan fingerprint density at radius 1 is 1.09 bits per heavy atom. The maximum absolute atomic E-state index is 14.3. The summed E-state index contributed by atoms with van der Waals surface area (Å²) in [6.07, 6.45) is 1.32. The summed E-state index contributed by atoms with van der Waals surface area (Å²) >= 11 is 0. The number of anilines is 5. The Hall–Kier alpha value is -4.68. The number of amides is 1. The van der Waals surface area contributed by atoms with Gasteiger partial charge in [-0.3, -0.25) is 14.3 Å². The summed E-state index contributed by atoms with van der Waals surface area (Å²) in [5.74, 6) is 1.16. The monoisotopic (exact) mass is 627 g/mol. The van der Waals surface area contributed by atoms with Crippen molar-refractivity contribution in [3.8, 4) is 5.75 Å². The highest BCUT2D eigenvalue weighted by Crippen LogP contribution is 2.40. The van der Waals surface area contributed by atoms with E-state index in [9.17, 15) is 9.59 Å². The van der Waals surface area contributed by atoms with Crippen molar-refractivity contribution < 1.29 is 19.0 Å². The molecule has 1 fully saturated rings. The molecule has 4 aromatic rings. The number of aryl methyl sites for hydroxylation is 1. The van der Waals surface area contributed by atoms with Crippen LogP contribution in [0.2, 0.25) is 0 Å². The number of para-hydroxylation sites is 1. The molecule has 0 saturated carbocycles. The van der Waals surface area contributed by atoms with Crippen LogP contribution in [0.4, 0.5) is 33.5 Å². The summed E-state index contributed by atoms with van der Waals surface area (Å²) in [5.41, 5.74) is 3.41. The first-order valence-corrected chi connectivity index (χ1v) is 15.5. The van der Waals surface area contributed by atoms with Crippen LogP contribution in [-0.4, -0.2) is 84.7 Å². The number of hydrogen-bond donors (Lipinski definition) is 1. The number of ether oxygens (including phenoxy) is 3. The number of nitrogens with one attached hydrogen (secondary N) is 1. The predicted molar refractivity (Wildman–Crippen MR) is 179 cm³/mol. The summed E-state index contributed by atoms with van der Waals surface area (Å²) in [6, 6.07) is 15.1. The first-order valence-electron chi connectivity index (χ1n) is 15.5. The van der Waals surface area contributed by atoms with Crippen LogP contribution in [0.3, 0.4) is 0 Å². The molecule has 12 heteroatoms. The lowest BCUT2D eigenvalue weighted by Gasteiger charge is -2.39. The number of hydrogen-bond acceptors (Lipinski definition) is 10. The summed E-state index contributed by atoms with van der Waals surface area (Å²) in [6.45, 7) is 10.5. The van der Waals surface area contributed by atoms with Gasteiger partial charge < -0.3 is 29.3 Å². The van der Waals surface area contributed by atoms with Crippen molar-refractivity contribution in [2.75, 3.05) is 68.7 Å². The number of aromatic nitrogens is 3. The van der Waals surface area contributed by atoms with Gasteiger partial charge in [-0.2, -0.15) is 4.98 Å². The topological polar surface area (TPSA) is 114 Å². The Morgan fingerprint density at radius 2 is 1.85 bits per heavy atom. The molecule has 0 aliphatic carbocycles. The Morgan fingerprint density at radius 3 is 2.52 bits per heavy atom. The lowest BCUT2D eigenvalue weighted by atomic mass is 10.1. The first kappa shape index (κ1) is 31.3. The maximum atomic E-state index is 14.3. The van der Waals surface area contributed by atoms with Crippen LogP contribution < -0.4 is 25.4 Å². The van der Waals surface area contributed by atoms with E-state index in [4.69, 9.17) is 19.2 Å². The van der Waals surface area contributed by atoms with E-state index in [1.165, 1.54) is 0 Å². The normalized spacial score (nSPS) is 15.1. The van der Waals surface area contributed by atoms with Gasteiger partial charge in [0.25, 0.3) is 5.56 Å². The molecule has 2 aliphatic rings. The van der Waals surface area contributed by atoms with Gasteiger partial charge in [-0.1, -0.05) is 12.1 Å². The third kappa shape index (κ3) is 6.49. The van der Waals surface area contributed by atoms with Gasteiger partial charge in [-0.05, 0) is 83.8 Å². The zero-order chi connectivity index (χ0) is 32.6. The molecule has 12 nitrogen and oxygen atoms in total. The lowest BCUT2D eigenvalue weighted by molar-refractivity contribution is -0.0230. The number of benzene rings is 2. The fourth-order valence-corrected chi connectivity index (χ4v) is 5.57. The van der Waals surface area contributed by atoms with Crippen LogP contribution in [0, 0.1) is 6.92 Å². The van der Waals surface area contributed by atoms with Gasteiger partial charge >= 0.3 is 6.09 Å². The summed E-state index contributed by atoms with van der Waals surface area (Å²) in [7, 11) is 4.01. The first-order chi connectivity index (χ1) is 22.0. The van der Waals surface area contributed by atoms with E-state index in [0.717, 1.165) is 40.3 Å². The smallest absolute Gasteiger partial charge is 0.414 e. The second-order valence-corrected chi connectivity index (χ2v) is 12.9. The van der Waals surface area contributed by atoms with Crippen molar-refractivity contribution in [2.45, 2.75) is 39.3 Å². The summed E-state index contributed by atoms with van der Waals surface area (Å²) in [5, 5.41) is 3.98. The van der Waals surface area contributed by atoms with E-state index in [1.807, 2.05) is 95.2 Å². The Bertz CT molecular complexity index is 1800. The zero-order valence-electron chi connectivity index (χ0n) is 27.2. The van der Waals surface area contributed by atoms with E-state index >= 15 is 0 Å². The standard InChI is InChI=1S/C34H41N7O5/c1-22-8-7-9-27-29(22)40(33(43)46-34(2,3)4)15-14-39(27)28-18-23-19-35-32(37-30(23)41(31(28)42)25-20-44-21-25)36-24-10-12-26(13-11-24)45-17-16-38(5)6/h7-13,18-19,25H,14-17,20-21H2,1-6H3,(H,35,36,37). The maximum Gasteiger partial charge on any atom is 0.414 e. The fraction of sp³-hybridized carbons (Fsp3) is 0.412. The number of likely N-dealkylation sites (N-methyl/N-ethyl adjacent to an activating group) is 1. The van der Waals surface area contributed by atoms with E-state index < -0.39 is 11.7 Å². The second kappa shape index (κ2) is 12.6. The van der Waals surface area contributed by atoms with Crippen LogP contribution in [0.5, 0.6) is 5.75 Å². The molecule has 0 spiro atoms. The van der Waals surface area contributed by atoms with E-state index in [2.05, 4.69) is 15.2 Å². The number of fused-ring (bicyclic) bond motifs is 2. The lowest BCUT2D eigenvalue weighted by Crippen LogP contribution is -2.47. The Kier molecular flexibility index (Phi) is 8.58. The zero-order valence-corrected chi connectivity index (χ0v) is 27.2. The van der Waals surface area contributed by atoms with Gasteiger partial charge in [0.05, 0.1) is 30.6 Å². The molecular formula is C34H41N7O5. The molecule has 0 bridgehead atoms. The molecular weight excluding hydrogens is 586 g/mol. The Balaban J connectivity index is 1.33. The molecule has 0 unspecified atom stereocenters. The molecule has 0 radical (unpaired) electrons. The van der Waals surface area contributed by atoms with Gasteiger partial charge in [0.2, 0.25) is 5.95 Å². The van der Waals surface area contributed by atoms with Crippen molar-refractivity contribution in [3.05, 3.63) is 70.6 Å². The van der Waals surface area contributed by atoms with Gasteiger partial charge in [0, 0.05) is 36.9 Å². The number of carbonyl (C=O) groups excluding carboxylic acids is 1. The highest BCUT2D eigenvalue weighted by molar-refractivity contribution is 5.97. The number of carbonyl (C=O) groups is 1. The van der Waals surface area contributed by atoms with Crippen molar-refractivity contribution >= 4 is 45.8 Å². The van der Waals surface area contributed by atoms with Crippen LogP contribution in [0.1, 0.15) is 32.4 Å². The average Bonchev–Trinajstić information content (AvgIpc) is 2.97. The largest absolute Gasteiger partial charge is 0.492 e. The minimum absolute atomic E-state index is 0.156. The molecule has 46 heavy (non-hydrogen) atoms. The van der Waals surface area contributed by atoms with Crippen LogP contribution in [0.25, 0.3) is 11.0 Å². The van der Waals surface area contributed by atoms with Crippen LogP contribution in [-0.2, 0) is 9.47 Å². The molecule has 1 N–H and O–H groups in total. The van der Waals surface area contributed by atoms with Crippen LogP contribution in [0.15, 0.2) is 59.5 Å². The van der Waals surface area contributed by atoms with Crippen molar-refractivity contribution in [1.29, 1.82) is 0 Å². The number of pyridine rings is 1. The average molecular weight is 628 g/mol. The van der Waals surface area contributed by atoms with Crippen molar-refractivity contribution in [3.63, 3.8) is 0 Å². The molecule has 0 atom stereocenters. The highest BCUT2D eigenvalue weighted by Gasteiger charge is 2.34. The van der Waals surface area contributed by atoms with Crippen LogP contribution >= 0.6 is 0 Å². The van der Waals surface area contributed by atoms with E-state index in [1.54, 1.807) is 15.7 Å². The third-order valence-electron chi connectivity index (χ3n) is 7.89. The molecule has 1 amide bonds. The van der Waals surface area contributed by atoms with Gasteiger partial charge in [-0.15, -0.1) is 0 Å². The van der Waals surface area contributed by atoms with E-state index in [-0.39, 0.29) is 11.6 Å². The van der Waals surface area contributed by atoms with Gasteiger partial charge in [-0.25, -0.2) is 9.78 Å². The minimum atomic E-state index is -0.634. The quantitative estimate of drug-likeness (QED) is 0.278. The minimum Gasteiger partial charge on any atom is -0.492 e. The van der Waals surface area contributed by atoms with Crippen molar-refractivity contribution in [2.24, 2.45) is 0 Å². The highest BCUT2D eigenvalue weighted by atomic mass is 16.6. The van der Waals surface area contributed by atoms with Crippen molar-refractivity contribution in [1.82, 2.24) is 19.4 Å². The van der Waals surface area contributed by atoms with Gasteiger partial charge in [0.15, 0.2) is 0 Å². The van der Waals surface area contributed by atoms with E-state index in [0.29, 0.717) is 50.2 Å². The summed E-state index contributed by atoms with van der Waals surface area (Å²) < 4.78 is 18.7. The Labute approximate surface area is 268 Å². The molecule has 2 aliphatic heterocycles.